The van der Waals surface area contributed by atoms with Crippen molar-refractivity contribution in [2.24, 2.45) is 5.92 Å². The van der Waals surface area contributed by atoms with Crippen LogP contribution in [0, 0.1) is 5.92 Å². The van der Waals surface area contributed by atoms with Crippen LogP contribution in [0.3, 0.4) is 0 Å². The highest BCUT2D eigenvalue weighted by Gasteiger charge is 2.49. The van der Waals surface area contributed by atoms with Crippen LogP contribution < -0.4 is 20.1 Å². The maximum atomic E-state index is 13.1. The van der Waals surface area contributed by atoms with Crippen molar-refractivity contribution in [2.45, 2.75) is 51.1 Å². The second kappa shape index (κ2) is 8.31. The van der Waals surface area contributed by atoms with Crippen LogP contribution in [-0.4, -0.2) is 49.6 Å². The van der Waals surface area contributed by atoms with Crippen LogP contribution in [0.25, 0.3) is 0 Å². The summed E-state index contributed by atoms with van der Waals surface area (Å²) in [6.45, 7) is 3.44. The van der Waals surface area contributed by atoms with E-state index in [1.165, 1.54) is 20.6 Å². The van der Waals surface area contributed by atoms with E-state index in [9.17, 15) is 14.4 Å². The molecule has 2 N–H and O–H groups in total. The van der Waals surface area contributed by atoms with Gasteiger partial charge in [-0.2, -0.15) is 0 Å². The number of rotatable bonds is 6. The van der Waals surface area contributed by atoms with Gasteiger partial charge in [-0.1, -0.05) is 25.8 Å². The Labute approximate surface area is 170 Å². The zero-order chi connectivity index (χ0) is 21.2. The Morgan fingerprint density at radius 1 is 1.21 bits per heavy atom. The second-order valence-corrected chi connectivity index (χ2v) is 7.95. The Bertz CT molecular complexity index is 812. The van der Waals surface area contributed by atoms with E-state index in [4.69, 9.17) is 9.47 Å². The minimum atomic E-state index is -1.28. The number of nitrogens with zero attached hydrogens (tertiary/aromatic N) is 1. The standard InChI is InChI=1S/C21H29N3O5/c1-13-7-5-6-8-15(13)22-18(25)12-24-19(26)21(2,23-20(24)27)14-9-10-16(28-3)17(11-14)29-4/h9-11,13,15H,5-8,12H2,1-4H3,(H,22,25)(H,23,27). The van der Waals surface area contributed by atoms with Crippen LogP contribution >= 0.6 is 0 Å². The summed E-state index contributed by atoms with van der Waals surface area (Å²) in [7, 11) is 3.02. The number of hydrogen-bond donors (Lipinski definition) is 2. The van der Waals surface area contributed by atoms with Gasteiger partial charge in [0.25, 0.3) is 5.91 Å². The number of hydrogen-bond acceptors (Lipinski definition) is 5. The molecule has 0 spiro atoms. The zero-order valence-electron chi connectivity index (χ0n) is 17.4. The molecule has 0 bridgehead atoms. The molecule has 1 aliphatic heterocycles. The maximum Gasteiger partial charge on any atom is 0.325 e. The minimum Gasteiger partial charge on any atom is -0.493 e. The van der Waals surface area contributed by atoms with Crippen molar-refractivity contribution in [2.75, 3.05) is 20.8 Å². The normalized spacial score (nSPS) is 26.8. The van der Waals surface area contributed by atoms with Gasteiger partial charge in [0.15, 0.2) is 11.5 Å². The number of ether oxygens (including phenoxy) is 2. The molecule has 0 aromatic heterocycles. The summed E-state index contributed by atoms with van der Waals surface area (Å²) >= 11 is 0. The molecule has 1 aromatic rings. The van der Waals surface area contributed by atoms with Gasteiger partial charge in [-0.15, -0.1) is 0 Å². The molecule has 3 unspecified atom stereocenters. The molecular weight excluding hydrogens is 374 g/mol. The zero-order valence-corrected chi connectivity index (χ0v) is 17.4. The molecule has 1 aliphatic carbocycles. The molecule has 1 aromatic carbocycles. The lowest BCUT2D eigenvalue weighted by Gasteiger charge is -2.30. The Morgan fingerprint density at radius 3 is 2.55 bits per heavy atom. The molecule has 2 aliphatic rings. The van der Waals surface area contributed by atoms with Gasteiger partial charge in [0.2, 0.25) is 5.91 Å². The number of carbonyl (C=O) groups excluding carboxylic acids is 3. The van der Waals surface area contributed by atoms with Crippen LogP contribution in [-0.2, 0) is 15.1 Å². The molecule has 1 saturated carbocycles. The third kappa shape index (κ3) is 4.02. The summed E-state index contributed by atoms with van der Waals surface area (Å²) in [5.41, 5.74) is -0.730. The van der Waals surface area contributed by atoms with Crippen LogP contribution in [0.5, 0.6) is 11.5 Å². The van der Waals surface area contributed by atoms with E-state index in [-0.39, 0.29) is 18.5 Å². The molecule has 4 amide bonds. The monoisotopic (exact) mass is 403 g/mol. The van der Waals surface area contributed by atoms with Gasteiger partial charge in [0.1, 0.15) is 12.1 Å². The number of methoxy groups -OCH3 is 2. The average Bonchev–Trinajstić information content (AvgIpc) is 2.93. The molecular formula is C21H29N3O5. The number of nitrogens with one attached hydrogen (secondary N) is 2. The van der Waals surface area contributed by atoms with Crippen LogP contribution in [0.1, 0.15) is 45.1 Å². The smallest absolute Gasteiger partial charge is 0.325 e. The number of imide groups is 1. The van der Waals surface area contributed by atoms with E-state index in [2.05, 4.69) is 17.6 Å². The summed E-state index contributed by atoms with van der Waals surface area (Å²) in [4.78, 5) is 39.1. The summed E-state index contributed by atoms with van der Waals surface area (Å²) in [6, 6.07) is 4.55. The Morgan fingerprint density at radius 2 is 1.90 bits per heavy atom. The highest BCUT2D eigenvalue weighted by atomic mass is 16.5. The van der Waals surface area contributed by atoms with Crippen molar-refractivity contribution < 1.29 is 23.9 Å². The van der Waals surface area contributed by atoms with E-state index in [0.717, 1.165) is 24.2 Å². The molecule has 3 atom stereocenters. The molecule has 0 radical (unpaired) electrons. The average molecular weight is 403 g/mol. The van der Waals surface area contributed by atoms with Crippen molar-refractivity contribution in [1.82, 2.24) is 15.5 Å². The summed E-state index contributed by atoms with van der Waals surface area (Å²) in [5, 5.41) is 5.70. The molecule has 3 rings (SSSR count). The third-order valence-corrected chi connectivity index (χ3v) is 6.00. The van der Waals surface area contributed by atoms with Gasteiger partial charge in [0, 0.05) is 6.04 Å². The fraction of sp³-hybridized carbons (Fsp3) is 0.571. The second-order valence-electron chi connectivity index (χ2n) is 7.95. The highest BCUT2D eigenvalue weighted by Crippen LogP contribution is 2.35. The Kier molecular flexibility index (Phi) is 6.00. The predicted octanol–water partition coefficient (Wildman–Crippen LogP) is 2.17. The van der Waals surface area contributed by atoms with Crippen LogP contribution in [0.2, 0.25) is 0 Å². The van der Waals surface area contributed by atoms with E-state index in [1.807, 2.05) is 0 Å². The van der Waals surface area contributed by atoms with E-state index in [0.29, 0.717) is 23.0 Å². The Hall–Kier alpha value is -2.77. The lowest BCUT2D eigenvalue weighted by molar-refractivity contribution is -0.135. The van der Waals surface area contributed by atoms with Gasteiger partial charge < -0.3 is 20.1 Å². The van der Waals surface area contributed by atoms with Crippen molar-refractivity contribution in [3.63, 3.8) is 0 Å². The van der Waals surface area contributed by atoms with E-state index >= 15 is 0 Å². The molecule has 8 heteroatoms. The summed E-state index contributed by atoms with van der Waals surface area (Å²) in [6.07, 6.45) is 4.25. The van der Waals surface area contributed by atoms with Gasteiger partial charge in [0.05, 0.1) is 14.2 Å². The largest absolute Gasteiger partial charge is 0.493 e. The van der Waals surface area contributed by atoms with Gasteiger partial charge in [-0.3, -0.25) is 14.5 Å². The molecule has 8 nitrogen and oxygen atoms in total. The quantitative estimate of drug-likeness (QED) is 0.710. The van der Waals surface area contributed by atoms with Gasteiger partial charge in [-0.05, 0) is 43.4 Å². The van der Waals surface area contributed by atoms with E-state index in [1.54, 1.807) is 25.1 Å². The topological polar surface area (TPSA) is 97.0 Å². The summed E-state index contributed by atoms with van der Waals surface area (Å²) < 4.78 is 10.5. The summed E-state index contributed by atoms with van der Waals surface area (Å²) in [5.74, 6) is 0.587. The lowest BCUT2D eigenvalue weighted by atomic mass is 9.86. The molecule has 2 fully saturated rings. The number of amides is 4. The van der Waals surface area contributed by atoms with Crippen molar-refractivity contribution in [3.05, 3.63) is 23.8 Å². The SMILES string of the molecule is COc1ccc(C2(C)NC(=O)N(CC(=O)NC3CCCCC3C)C2=O)cc1OC. The first-order valence-electron chi connectivity index (χ1n) is 9.96. The maximum absolute atomic E-state index is 13.1. The Balaban J connectivity index is 1.74. The van der Waals surface area contributed by atoms with Gasteiger partial charge in [-0.25, -0.2) is 4.79 Å². The molecule has 1 saturated heterocycles. The fourth-order valence-corrected chi connectivity index (χ4v) is 4.11. The third-order valence-electron chi connectivity index (χ3n) is 6.00. The van der Waals surface area contributed by atoms with Crippen LogP contribution in [0.15, 0.2) is 18.2 Å². The van der Waals surface area contributed by atoms with Gasteiger partial charge >= 0.3 is 6.03 Å². The molecule has 158 valence electrons. The predicted molar refractivity (Wildman–Crippen MR) is 107 cm³/mol. The fourth-order valence-electron chi connectivity index (χ4n) is 4.11. The van der Waals surface area contributed by atoms with Crippen molar-refractivity contribution >= 4 is 17.8 Å². The first-order valence-corrected chi connectivity index (χ1v) is 9.96. The van der Waals surface area contributed by atoms with Crippen molar-refractivity contribution in [1.29, 1.82) is 0 Å². The highest BCUT2D eigenvalue weighted by molar-refractivity contribution is 6.09. The van der Waals surface area contributed by atoms with E-state index < -0.39 is 17.5 Å². The number of benzene rings is 1. The van der Waals surface area contributed by atoms with Crippen LogP contribution in [0.4, 0.5) is 4.79 Å². The first kappa shape index (κ1) is 21.0. The molecule has 29 heavy (non-hydrogen) atoms. The minimum absolute atomic E-state index is 0.0919. The first-order chi connectivity index (χ1) is 13.8. The van der Waals surface area contributed by atoms with Crippen molar-refractivity contribution in [3.8, 4) is 11.5 Å². The lowest BCUT2D eigenvalue weighted by Crippen LogP contribution is -2.47. The number of carbonyl (C=O) groups is 3. The molecule has 1 heterocycles. The number of urea groups is 1.